The van der Waals surface area contributed by atoms with Crippen molar-refractivity contribution in [1.29, 1.82) is 0 Å². The highest BCUT2D eigenvalue weighted by Crippen LogP contribution is 2.54. The first kappa shape index (κ1) is 27.4. The summed E-state index contributed by atoms with van der Waals surface area (Å²) < 4.78 is 0. The van der Waals surface area contributed by atoms with Gasteiger partial charge in [0.1, 0.15) is 0 Å². The molecule has 0 radical (unpaired) electrons. The van der Waals surface area contributed by atoms with E-state index < -0.39 is 0 Å². The zero-order chi connectivity index (χ0) is 32.4. The Morgan fingerprint density at radius 3 is 1.06 bits per heavy atom. The Labute approximate surface area is 280 Å². The summed E-state index contributed by atoms with van der Waals surface area (Å²) in [6.07, 6.45) is 4.07. The standard InChI is InChI=1S/C44H34N4/c1-43(2)31-13-5-9-17-37(31)47(38-18-10-6-14-32(38)43)29-21-27-25-46-36-24-30(22-28-26-45-35(23-29)41(27)42(28)36)48-39-19-11-7-15-33(39)44(3,4)34-16-8-12-20-40(34)48/h5-26H,1-4H3. The van der Waals surface area contributed by atoms with Crippen LogP contribution in [0.2, 0.25) is 0 Å². The third-order valence-electron chi connectivity index (χ3n) is 11.0. The van der Waals surface area contributed by atoms with Gasteiger partial charge in [-0.3, -0.25) is 9.97 Å². The first-order valence-electron chi connectivity index (χ1n) is 16.8. The van der Waals surface area contributed by atoms with Gasteiger partial charge in [0.15, 0.2) is 0 Å². The lowest BCUT2D eigenvalue weighted by Gasteiger charge is -2.42. The molecule has 0 saturated carbocycles. The van der Waals surface area contributed by atoms with E-state index in [-0.39, 0.29) is 10.8 Å². The van der Waals surface area contributed by atoms with Crippen LogP contribution in [-0.2, 0) is 10.8 Å². The normalized spacial score (nSPS) is 15.8. The minimum absolute atomic E-state index is 0.109. The fourth-order valence-electron chi connectivity index (χ4n) is 8.65. The molecule has 4 heterocycles. The maximum atomic E-state index is 5.13. The quantitative estimate of drug-likeness (QED) is 0.180. The molecule has 0 unspecified atom stereocenters. The smallest absolute Gasteiger partial charge is 0.0736 e. The van der Waals surface area contributed by atoms with Crippen molar-refractivity contribution in [3.8, 4) is 0 Å². The highest BCUT2D eigenvalue weighted by molar-refractivity contribution is 6.22. The number of hydrogen-bond donors (Lipinski definition) is 0. The fourth-order valence-corrected chi connectivity index (χ4v) is 8.65. The van der Waals surface area contributed by atoms with Crippen LogP contribution in [0.5, 0.6) is 0 Å². The van der Waals surface area contributed by atoms with E-state index in [0.717, 1.165) is 44.0 Å². The fraction of sp³-hybridized carbons (Fsp3) is 0.136. The lowest BCUT2D eigenvalue weighted by molar-refractivity contribution is 0.632. The zero-order valence-corrected chi connectivity index (χ0v) is 27.5. The van der Waals surface area contributed by atoms with E-state index in [4.69, 9.17) is 9.97 Å². The van der Waals surface area contributed by atoms with Crippen molar-refractivity contribution in [3.63, 3.8) is 0 Å². The van der Waals surface area contributed by atoms with Crippen LogP contribution in [0.1, 0.15) is 49.9 Å². The van der Waals surface area contributed by atoms with Gasteiger partial charge in [0, 0.05) is 56.1 Å². The van der Waals surface area contributed by atoms with Crippen LogP contribution in [0, 0.1) is 0 Å². The Bertz CT molecular complexity index is 2250. The average Bonchev–Trinajstić information content (AvgIpc) is 3.11. The summed E-state index contributed by atoms with van der Waals surface area (Å²) in [4.78, 5) is 15.1. The lowest BCUT2D eigenvalue weighted by atomic mass is 9.73. The molecule has 6 aromatic carbocycles. The van der Waals surface area contributed by atoms with Crippen molar-refractivity contribution >= 4 is 66.7 Å². The number of para-hydroxylation sites is 4. The van der Waals surface area contributed by atoms with Crippen LogP contribution in [0.25, 0.3) is 32.6 Å². The van der Waals surface area contributed by atoms with Gasteiger partial charge < -0.3 is 9.80 Å². The van der Waals surface area contributed by atoms with Gasteiger partial charge >= 0.3 is 0 Å². The first-order chi connectivity index (χ1) is 23.3. The highest BCUT2D eigenvalue weighted by Gasteiger charge is 2.38. The van der Waals surface area contributed by atoms with E-state index in [1.807, 2.05) is 12.4 Å². The Hall–Kier alpha value is -5.74. The van der Waals surface area contributed by atoms with Crippen molar-refractivity contribution < 1.29 is 0 Å². The molecular weight excluding hydrogens is 585 g/mol. The van der Waals surface area contributed by atoms with Crippen LogP contribution in [0.3, 0.4) is 0 Å². The number of aromatic nitrogens is 2. The summed E-state index contributed by atoms with van der Waals surface area (Å²) in [5.74, 6) is 0. The van der Waals surface area contributed by atoms with Gasteiger partial charge in [-0.1, -0.05) is 100 Å². The Kier molecular flexibility index (Phi) is 5.37. The Balaban J connectivity index is 1.17. The molecule has 0 amide bonds. The molecule has 230 valence electrons. The van der Waals surface area contributed by atoms with Crippen molar-refractivity contribution in [2.75, 3.05) is 9.80 Å². The van der Waals surface area contributed by atoms with Crippen LogP contribution >= 0.6 is 0 Å². The first-order valence-corrected chi connectivity index (χ1v) is 16.8. The molecule has 0 N–H and O–H groups in total. The second-order valence-corrected chi connectivity index (χ2v) is 14.4. The zero-order valence-electron chi connectivity index (χ0n) is 27.5. The second-order valence-electron chi connectivity index (χ2n) is 14.4. The van der Waals surface area contributed by atoms with Crippen LogP contribution < -0.4 is 9.80 Å². The minimum Gasteiger partial charge on any atom is -0.310 e. The molecule has 4 heteroatoms. The van der Waals surface area contributed by atoms with Gasteiger partial charge in [0.25, 0.3) is 0 Å². The van der Waals surface area contributed by atoms with E-state index >= 15 is 0 Å². The van der Waals surface area contributed by atoms with Gasteiger partial charge in [-0.25, -0.2) is 0 Å². The van der Waals surface area contributed by atoms with Gasteiger partial charge in [0.05, 0.1) is 33.8 Å². The molecule has 0 saturated heterocycles. The number of anilines is 6. The molecule has 10 rings (SSSR count). The maximum Gasteiger partial charge on any atom is 0.0736 e. The van der Waals surface area contributed by atoms with E-state index in [9.17, 15) is 0 Å². The van der Waals surface area contributed by atoms with E-state index in [1.54, 1.807) is 0 Å². The molecule has 0 fully saturated rings. The summed E-state index contributed by atoms with van der Waals surface area (Å²) in [6.45, 7) is 9.29. The number of benzene rings is 6. The van der Waals surface area contributed by atoms with Crippen molar-refractivity contribution in [1.82, 2.24) is 9.97 Å². The number of nitrogens with zero attached hydrogens (tertiary/aromatic N) is 4. The predicted octanol–water partition coefficient (Wildman–Crippen LogP) is 11.6. The number of fused-ring (bicyclic) bond motifs is 4. The van der Waals surface area contributed by atoms with Crippen LogP contribution in [0.15, 0.2) is 134 Å². The molecule has 0 bridgehead atoms. The number of rotatable bonds is 2. The summed E-state index contributed by atoms with van der Waals surface area (Å²) in [5, 5.41) is 4.51. The van der Waals surface area contributed by atoms with Gasteiger partial charge in [-0.15, -0.1) is 0 Å². The average molecular weight is 619 g/mol. The molecule has 4 nitrogen and oxygen atoms in total. The lowest BCUT2D eigenvalue weighted by Crippen LogP contribution is -2.30. The molecule has 0 atom stereocenters. The summed E-state index contributed by atoms with van der Waals surface area (Å²) in [7, 11) is 0. The highest BCUT2D eigenvalue weighted by atomic mass is 15.2. The van der Waals surface area contributed by atoms with E-state index in [1.165, 1.54) is 45.0 Å². The summed E-state index contributed by atoms with van der Waals surface area (Å²) >= 11 is 0. The summed E-state index contributed by atoms with van der Waals surface area (Å²) in [5.41, 5.74) is 14.0. The van der Waals surface area contributed by atoms with Crippen LogP contribution in [-0.4, -0.2) is 9.97 Å². The molecule has 0 aliphatic carbocycles. The molecule has 48 heavy (non-hydrogen) atoms. The molecule has 2 aliphatic heterocycles. The van der Waals surface area contributed by atoms with Crippen molar-refractivity contribution in [2.24, 2.45) is 0 Å². The summed E-state index contributed by atoms with van der Waals surface area (Å²) in [6, 6.07) is 44.2. The number of pyridine rings is 2. The van der Waals surface area contributed by atoms with Crippen molar-refractivity contribution in [2.45, 2.75) is 38.5 Å². The molecule has 0 spiro atoms. The largest absolute Gasteiger partial charge is 0.310 e. The van der Waals surface area contributed by atoms with Gasteiger partial charge in [-0.05, 0) is 70.8 Å². The third-order valence-corrected chi connectivity index (χ3v) is 11.0. The SMILES string of the molecule is CC1(C)c2ccccc2N(c2cc3cnc4cc(N5c6ccccc6C(C)(C)c6ccccc65)cc5cnc(c2)c3c54)c2ccccc21. The predicted molar refractivity (Wildman–Crippen MR) is 199 cm³/mol. The minimum atomic E-state index is -0.109. The van der Waals surface area contributed by atoms with Crippen LogP contribution in [0.4, 0.5) is 34.1 Å². The third kappa shape index (κ3) is 3.55. The van der Waals surface area contributed by atoms with Gasteiger partial charge in [-0.2, -0.15) is 0 Å². The number of hydrogen-bond acceptors (Lipinski definition) is 4. The molecule has 8 aromatic rings. The maximum absolute atomic E-state index is 5.13. The Morgan fingerprint density at radius 2 is 0.729 bits per heavy atom. The molecular formula is C44H34N4. The molecule has 2 aromatic heterocycles. The monoisotopic (exact) mass is 618 g/mol. The Morgan fingerprint density at radius 1 is 0.417 bits per heavy atom. The van der Waals surface area contributed by atoms with E-state index in [0.29, 0.717) is 0 Å². The van der Waals surface area contributed by atoms with Crippen molar-refractivity contribution in [3.05, 3.63) is 156 Å². The van der Waals surface area contributed by atoms with Gasteiger partial charge in [0.2, 0.25) is 0 Å². The van der Waals surface area contributed by atoms with E-state index in [2.05, 4.69) is 159 Å². The topological polar surface area (TPSA) is 32.3 Å². The molecule has 2 aliphatic rings. The second kappa shape index (κ2) is 9.42.